The number of carbonyl (C=O) groups excluding carboxylic acids is 1. The van der Waals surface area contributed by atoms with Crippen molar-refractivity contribution in [3.8, 4) is 0 Å². The van der Waals surface area contributed by atoms with Crippen molar-refractivity contribution < 1.29 is 14.3 Å². The molecule has 0 amide bonds. The molecule has 1 N–H and O–H groups in total. The van der Waals surface area contributed by atoms with Crippen LogP contribution in [0.4, 0.5) is 10.1 Å². The Bertz CT molecular complexity index is 798. The molecule has 0 saturated heterocycles. The van der Waals surface area contributed by atoms with Crippen LogP contribution in [0.5, 0.6) is 0 Å². The van der Waals surface area contributed by atoms with Crippen LogP contribution < -0.4 is 10.4 Å². The smallest absolute Gasteiger partial charge is 0.123 e. The molecule has 2 aromatic rings. The van der Waals surface area contributed by atoms with E-state index in [4.69, 9.17) is 0 Å². The molecule has 0 fully saturated rings. The first-order chi connectivity index (χ1) is 11.1. The Balaban J connectivity index is 1.73. The second-order valence-corrected chi connectivity index (χ2v) is 6.12. The van der Waals surface area contributed by atoms with E-state index in [-0.39, 0.29) is 23.3 Å². The average Bonchev–Trinajstić information content (AvgIpc) is 3.04. The predicted molar refractivity (Wildman–Crippen MR) is 83.5 cm³/mol. The lowest BCUT2D eigenvalue weighted by atomic mass is 9.77. The standard InChI is InChI=1S/C19H16FNO2/c20-13-8-9-17-16(10-13)14-2-1-3-15(14)18(21-17)11-4-6-12(7-5-11)19(22)23/h1-2,4-10,14-15,18,21H,3H2,(H,22,23)/p-1/t14-,15-,18-/m0/s1. The van der Waals surface area contributed by atoms with Crippen molar-refractivity contribution in [2.24, 2.45) is 5.92 Å². The molecule has 0 radical (unpaired) electrons. The number of carboxylic acids is 1. The average molecular weight is 308 g/mol. The Labute approximate surface area is 133 Å². The van der Waals surface area contributed by atoms with E-state index in [1.165, 1.54) is 6.07 Å². The molecular formula is C19H15FNO2-. The second kappa shape index (κ2) is 5.23. The van der Waals surface area contributed by atoms with E-state index in [1.54, 1.807) is 24.3 Å². The zero-order chi connectivity index (χ0) is 16.0. The number of benzene rings is 2. The fourth-order valence-electron chi connectivity index (χ4n) is 3.72. The minimum absolute atomic E-state index is 0.0729. The lowest BCUT2D eigenvalue weighted by Crippen LogP contribution is -2.29. The number of anilines is 1. The number of allylic oxidation sites excluding steroid dienone is 2. The van der Waals surface area contributed by atoms with Crippen molar-refractivity contribution in [3.63, 3.8) is 0 Å². The van der Waals surface area contributed by atoms with E-state index < -0.39 is 5.97 Å². The van der Waals surface area contributed by atoms with Gasteiger partial charge in [-0.05, 0) is 47.2 Å². The van der Waals surface area contributed by atoms with Crippen LogP contribution in [0.25, 0.3) is 0 Å². The molecule has 3 atom stereocenters. The molecule has 2 aromatic carbocycles. The van der Waals surface area contributed by atoms with Gasteiger partial charge in [0.1, 0.15) is 5.82 Å². The van der Waals surface area contributed by atoms with E-state index in [9.17, 15) is 14.3 Å². The molecule has 3 nitrogen and oxygen atoms in total. The molecule has 0 unspecified atom stereocenters. The van der Waals surface area contributed by atoms with Gasteiger partial charge in [-0.2, -0.15) is 0 Å². The lowest BCUT2D eigenvalue weighted by molar-refractivity contribution is -0.255. The van der Waals surface area contributed by atoms with E-state index in [2.05, 4.69) is 17.5 Å². The zero-order valence-electron chi connectivity index (χ0n) is 12.3. The molecular weight excluding hydrogens is 293 g/mol. The summed E-state index contributed by atoms with van der Waals surface area (Å²) in [6, 6.07) is 11.7. The molecule has 23 heavy (non-hydrogen) atoms. The summed E-state index contributed by atoms with van der Waals surface area (Å²) in [6.07, 6.45) is 5.20. The van der Waals surface area contributed by atoms with Gasteiger partial charge < -0.3 is 15.2 Å². The van der Waals surface area contributed by atoms with E-state index in [0.717, 1.165) is 23.2 Å². The molecule has 0 aromatic heterocycles. The number of hydrogen-bond acceptors (Lipinski definition) is 3. The maximum absolute atomic E-state index is 13.6. The number of nitrogens with one attached hydrogen (secondary N) is 1. The summed E-state index contributed by atoms with van der Waals surface area (Å²) in [5.74, 6) is -0.901. The third kappa shape index (κ3) is 2.31. The molecule has 1 heterocycles. The second-order valence-electron chi connectivity index (χ2n) is 6.12. The minimum Gasteiger partial charge on any atom is -0.545 e. The topological polar surface area (TPSA) is 52.2 Å². The Morgan fingerprint density at radius 3 is 2.70 bits per heavy atom. The van der Waals surface area contributed by atoms with Crippen LogP contribution in [0.15, 0.2) is 54.6 Å². The van der Waals surface area contributed by atoms with Gasteiger partial charge in [-0.3, -0.25) is 0 Å². The maximum Gasteiger partial charge on any atom is 0.123 e. The number of halogens is 1. The molecule has 1 aliphatic heterocycles. The highest BCUT2D eigenvalue weighted by Gasteiger charge is 2.37. The van der Waals surface area contributed by atoms with Crippen LogP contribution >= 0.6 is 0 Å². The van der Waals surface area contributed by atoms with Crippen LogP contribution in [-0.4, -0.2) is 5.97 Å². The van der Waals surface area contributed by atoms with Crippen molar-refractivity contribution in [1.29, 1.82) is 0 Å². The van der Waals surface area contributed by atoms with E-state index in [0.29, 0.717) is 5.92 Å². The van der Waals surface area contributed by atoms with E-state index >= 15 is 0 Å². The summed E-state index contributed by atoms with van der Waals surface area (Å²) in [6.45, 7) is 0. The fourth-order valence-corrected chi connectivity index (χ4v) is 3.72. The highest BCUT2D eigenvalue weighted by Crippen LogP contribution is 2.49. The monoisotopic (exact) mass is 308 g/mol. The number of carboxylic acid groups (broad SMARTS) is 1. The zero-order valence-corrected chi connectivity index (χ0v) is 12.3. The first-order valence-electron chi connectivity index (χ1n) is 7.67. The van der Waals surface area contributed by atoms with Gasteiger partial charge in [-0.1, -0.05) is 36.4 Å². The van der Waals surface area contributed by atoms with Crippen molar-refractivity contribution in [3.05, 3.63) is 77.1 Å². The Morgan fingerprint density at radius 1 is 1.17 bits per heavy atom. The Hall–Kier alpha value is -2.62. The summed E-state index contributed by atoms with van der Waals surface area (Å²) in [5, 5.41) is 14.4. The summed E-state index contributed by atoms with van der Waals surface area (Å²) < 4.78 is 13.6. The molecule has 4 rings (SSSR count). The number of carbonyl (C=O) groups is 1. The summed E-state index contributed by atoms with van der Waals surface area (Å²) >= 11 is 0. The van der Waals surface area contributed by atoms with Crippen LogP contribution in [0, 0.1) is 11.7 Å². The first-order valence-corrected chi connectivity index (χ1v) is 7.67. The summed E-state index contributed by atoms with van der Waals surface area (Å²) in [7, 11) is 0. The fraction of sp³-hybridized carbons (Fsp3) is 0.211. The van der Waals surface area contributed by atoms with Crippen LogP contribution in [0.1, 0.15) is 39.9 Å². The largest absolute Gasteiger partial charge is 0.545 e. The molecule has 0 spiro atoms. The normalized spacial score (nSPS) is 24.7. The summed E-state index contributed by atoms with van der Waals surface area (Å²) in [5.41, 5.74) is 3.14. The number of fused-ring (bicyclic) bond motifs is 3. The minimum atomic E-state index is -1.17. The Kier molecular flexibility index (Phi) is 3.18. The number of aromatic carboxylic acids is 1. The Morgan fingerprint density at radius 2 is 1.96 bits per heavy atom. The maximum atomic E-state index is 13.6. The summed E-state index contributed by atoms with van der Waals surface area (Å²) in [4.78, 5) is 10.9. The van der Waals surface area contributed by atoms with Crippen molar-refractivity contribution in [2.75, 3.05) is 5.32 Å². The SMILES string of the molecule is O=C([O-])c1ccc([C@@H]2Nc3ccc(F)cc3[C@H]3C=CC[C@@H]32)cc1. The van der Waals surface area contributed by atoms with Gasteiger partial charge in [-0.25, -0.2) is 4.39 Å². The van der Waals surface area contributed by atoms with Gasteiger partial charge in [0.15, 0.2) is 0 Å². The third-order valence-corrected chi connectivity index (χ3v) is 4.83. The molecule has 116 valence electrons. The molecule has 2 aliphatic rings. The van der Waals surface area contributed by atoms with Crippen molar-refractivity contribution >= 4 is 11.7 Å². The highest BCUT2D eigenvalue weighted by molar-refractivity contribution is 5.85. The number of rotatable bonds is 2. The van der Waals surface area contributed by atoms with Crippen molar-refractivity contribution in [2.45, 2.75) is 18.4 Å². The van der Waals surface area contributed by atoms with E-state index in [1.807, 2.05) is 12.1 Å². The molecule has 0 saturated carbocycles. The van der Waals surface area contributed by atoms with Gasteiger partial charge in [0.2, 0.25) is 0 Å². The molecule has 4 heteroatoms. The number of hydrogen-bond donors (Lipinski definition) is 1. The van der Waals surface area contributed by atoms with Gasteiger partial charge in [-0.15, -0.1) is 0 Å². The molecule has 0 bridgehead atoms. The predicted octanol–water partition coefficient (Wildman–Crippen LogP) is 3.02. The first kappa shape index (κ1) is 14.0. The van der Waals surface area contributed by atoms with Gasteiger partial charge >= 0.3 is 0 Å². The third-order valence-electron chi connectivity index (χ3n) is 4.83. The van der Waals surface area contributed by atoms with Crippen LogP contribution in [-0.2, 0) is 0 Å². The van der Waals surface area contributed by atoms with Crippen LogP contribution in [0.2, 0.25) is 0 Å². The highest BCUT2D eigenvalue weighted by atomic mass is 19.1. The lowest BCUT2D eigenvalue weighted by Gasteiger charge is -2.37. The quantitative estimate of drug-likeness (QED) is 0.868. The molecule has 1 aliphatic carbocycles. The van der Waals surface area contributed by atoms with Gasteiger partial charge in [0.05, 0.1) is 12.0 Å². The van der Waals surface area contributed by atoms with Crippen molar-refractivity contribution in [1.82, 2.24) is 0 Å². The van der Waals surface area contributed by atoms with Crippen LogP contribution in [0.3, 0.4) is 0 Å². The van der Waals surface area contributed by atoms with Gasteiger partial charge in [0.25, 0.3) is 0 Å². The van der Waals surface area contributed by atoms with Gasteiger partial charge in [0, 0.05) is 11.6 Å².